The number of nitrogens with one attached hydrogen (secondary N) is 2. The van der Waals surface area contributed by atoms with Crippen LogP contribution in [0.3, 0.4) is 0 Å². The molecule has 4 atom stereocenters. The summed E-state index contributed by atoms with van der Waals surface area (Å²) in [7, 11) is 0. The van der Waals surface area contributed by atoms with E-state index in [0.29, 0.717) is 36.5 Å². The van der Waals surface area contributed by atoms with Crippen LogP contribution in [0.5, 0.6) is 0 Å². The average molecular weight is 400 g/mol. The van der Waals surface area contributed by atoms with E-state index in [9.17, 15) is 4.39 Å². The summed E-state index contributed by atoms with van der Waals surface area (Å²) < 4.78 is 21.0. The van der Waals surface area contributed by atoms with E-state index in [4.69, 9.17) is 9.72 Å². The van der Waals surface area contributed by atoms with Gasteiger partial charge in [-0.3, -0.25) is 5.10 Å². The average Bonchev–Trinajstić information content (AvgIpc) is 3.43. The number of rotatable bonds is 4. The smallest absolute Gasteiger partial charge is 0.243 e. The van der Waals surface area contributed by atoms with E-state index in [1.165, 1.54) is 0 Å². The number of anilines is 2. The number of H-pyrrole nitrogens is 1. The molecule has 154 valence electrons. The number of aromatic amines is 1. The third kappa shape index (κ3) is 3.31. The largest absolute Gasteiger partial charge is 0.378 e. The lowest BCUT2D eigenvalue weighted by molar-refractivity contribution is 0.0284. The fourth-order valence-electron chi connectivity index (χ4n) is 4.13. The van der Waals surface area contributed by atoms with Gasteiger partial charge in [0.15, 0.2) is 5.65 Å². The fraction of sp³-hybridized carbons (Fsp3) is 0.579. The highest BCUT2D eigenvalue weighted by molar-refractivity contribution is 5.85. The summed E-state index contributed by atoms with van der Waals surface area (Å²) in [6, 6.07) is -0.349. The van der Waals surface area contributed by atoms with Crippen LogP contribution < -0.4 is 10.2 Å². The molecule has 10 heteroatoms. The van der Waals surface area contributed by atoms with Crippen molar-refractivity contribution in [3.05, 3.63) is 18.7 Å². The summed E-state index contributed by atoms with van der Waals surface area (Å²) in [6.07, 6.45) is 4.75. The Balaban J connectivity index is 1.56. The van der Waals surface area contributed by atoms with Crippen molar-refractivity contribution < 1.29 is 9.13 Å². The second-order valence-electron chi connectivity index (χ2n) is 8.12. The fourth-order valence-corrected chi connectivity index (χ4v) is 4.13. The van der Waals surface area contributed by atoms with Crippen LogP contribution in [-0.2, 0) is 4.74 Å². The van der Waals surface area contributed by atoms with Crippen molar-refractivity contribution >= 4 is 17.3 Å². The van der Waals surface area contributed by atoms with Crippen molar-refractivity contribution in [1.29, 1.82) is 0 Å². The molecule has 9 nitrogen and oxygen atoms in total. The Labute approximate surface area is 167 Å². The molecule has 5 heterocycles. The van der Waals surface area contributed by atoms with E-state index < -0.39 is 6.17 Å². The zero-order valence-electron chi connectivity index (χ0n) is 16.5. The molecule has 3 aromatic heterocycles. The first-order valence-corrected chi connectivity index (χ1v) is 10.1. The van der Waals surface area contributed by atoms with E-state index >= 15 is 0 Å². The summed E-state index contributed by atoms with van der Waals surface area (Å²) in [4.78, 5) is 11.7. The highest BCUT2D eigenvalue weighted by Crippen LogP contribution is 2.36. The van der Waals surface area contributed by atoms with Gasteiger partial charge < -0.3 is 15.0 Å². The highest BCUT2D eigenvalue weighted by atomic mass is 19.1. The lowest BCUT2D eigenvalue weighted by Crippen LogP contribution is -2.39. The van der Waals surface area contributed by atoms with Gasteiger partial charge in [-0.2, -0.15) is 14.6 Å². The molecule has 29 heavy (non-hydrogen) atoms. The van der Waals surface area contributed by atoms with Crippen LogP contribution in [-0.4, -0.2) is 68.3 Å². The molecule has 0 saturated carbocycles. The van der Waals surface area contributed by atoms with Crippen molar-refractivity contribution in [2.75, 3.05) is 36.5 Å². The Hall–Kier alpha value is -2.75. The molecular weight excluding hydrogens is 375 g/mol. The van der Waals surface area contributed by atoms with Crippen LogP contribution in [0.2, 0.25) is 0 Å². The molecular formula is C19H25FN8O. The van der Waals surface area contributed by atoms with Crippen LogP contribution >= 0.6 is 0 Å². The van der Waals surface area contributed by atoms with Gasteiger partial charge in [0, 0.05) is 31.5 Å². The van der Waals surface area contributed by atoms with Crippen LogP contribution in [0.1, 0.15) is 20.3 Å². The first-order chi connectivity index (χ1) is 14.1. The lowest BCUT2D eigenvalue weighted by Gasteiger charge is -2.26. The number of halogens is 1. The van der Waals surface area contributed by atoms with Gasteiger partial charge in [0.25, 0.3) is 0 Å². The molecule has 0 bridgehead atoms. The topological polar surface area (TPSA) is 96.3 Å². The summed E-state index contributed by atoms with van der Waals surface area (Å²) in [6.45, 7) is 7.02. The van der Waals surface area contributed by atoms with E-state index in [-0.39, 0.29) is 12.6 Å². The van der Waals surface area contributed by atoms with Gasteiger partial charge in [-0.15, -0.1) is 5.10 Å². The minimum Gasteiger partial charge on any atom is -0.378 e. The lowest BCUT2D eigenvalue weighted by atomic mass is 10.0. The maximum atomic E-state index is 14.2. The Kier molecular flexibility index (Phi) is 4.57. The Morgan fingerprint density at radius 2 is 2.10 bits per heavy atom. The van der Waals surface area contributed by atoms with E-state index in [1.807, 2.05) is 6.20 Å². The molecule has 3 aromatic rings. The second-order valence-corrected chi connectivity index (χ2v) is 8.12. The molecule has 5 rings (SSSR count). The third-order valence-electron chi connectivity index (χ3n) is 6.04. The standard InChI is InChI=1S/C19H25FN8O/c1-11-7-27(8-12(11)2)17-16(13-5-22-23-6-13)21-10-28-18(17)25-19(26-28)24-15-3-4-29-9-14(15)20/h5-6,10-12,14-15H,3-4,7-9H2,1-2H3,(H,22,23)(H,24,26)/t11-,12-,14-,15+/m1/s1. The summed E-state index contributed by atoms with van der Waals surface area (Å²) in [5.74, 6) is 1.55. The monoisotopic (exact) mass is 400 g/mol. The van der Waals surface area contributed by atoms with Crippen molar-refractivity contribution in [3.8, 4) is 11.3 Å². The van der Waals surface area contributed by atoms with Crippen molar-refractivity contribution in [2.45, 2.75) is 32.5 Å². The third-order valence-corrected chi connectivity index (χ3v) is 6.04. The molecule has 0 spiro atoms. The maximum absolute atomic E-state index is 14.2. The quantitative estimate of drug-likeness (QED) is 0.693. The Morgan fingerprint density at radius 1 is 1.28 bits per heavy atom. The van der Waals surface area contributed by atoms with Crippen molar-refractivity contribution in [1.82, 2.24) is 29.8 Å². The molecule has 0 radical (unpaired) electrons. The van der Waals surface area contributed by atoms with Gasteiger partial charge in [-0.05, 0) is 18.3 Å². The minimum atomic E-state index is -1.07. The number of nitrogens with zero attached hydrogens (tertiary/aromatic N) is 6. The molecule has 2 N–H and O–H groups in total. The number of alkyl halides is 1. The van der Waals surface area contributed by atoms with Gasteiger partial charge in [0.2, 0.25) is 5.95 Å². The highest BCUT2D eigenvalue weighted by Gasteiger charge is 2.32. The molecule has 2 aliphatic rings. The SMILES string of the molecule is C[C@@H]1CN(c2c(-c3cn[nH]c3)ncn3nc(N[C@H]4CCOC[C@H]4F)nc23)C[C@H]1C. The van der Waals surface area contributed by atoms with Gasteiger partial charge in [-0.1, -0.05) is 13.8 Å². The van der Waals surface area contributed by atoms with Gasteiger partial charge in [-0.25, -0.2) is 9.37 Å². The molecule has 0 unspecified atom stereocenters. The predicted octanol–water partition coefficient (Wildman–Crippen LogP) is 2.15. The number of hydrogen-bond donors (Lipinski definition) is 2. The summed E-state index contributed by atoms with van der Waals surface area (Å²) in [5.41, 5.74) is 3.37. The van der Waals surface area contributed by atoms with Crippen LogP contribution in [0.25, 0.3) is 16.9 Å². The molecule has 0 aromatic carbocycles. The minimum absolute atomic E-state index is 0.103. The van der Waals surface area contributed by atoms with Crippen LogP contribution in [0, 0.1) is 11.8 Å². The number of hydrogen-bond acceptors (Lipinski definition) is 7. The van der Waals surface area contributed by atoms with Crippen LogP contribution in [0.4, 0.5) is 16.0 Å². The first kappa shape index (κ1) is 18.3. The number of fused-ring (bicyclic) bond motifs is 1. The Bertz CT molecular complexity index is 980. The Morgan fingerprint density at radius 3 is 2.83 bits per heavy atom. The molecule has 0 aliphatic carbocycles. The summed E-state index contributed by atoms with van der Waals surface area (Å²) >= 11 is 0. The molecule has 2 saturated heterocycles. The van der Waals surface area contributed by atoms with Gasteiger partial charge in [0.05, 0.1) is 18.8 Å². The predicted molar refractivity (Wildman–Crippen MR) is 107 cm³/mol. The van der Waals surface area contributed by atoms with Gasteiger partial charge in [0.1, 0.15) is 23.9 Å². The van der Waals surface area contributed by atoms with E-state index in [2.05, 4.69) is 44.3 Å². The van der Waals surface area contributed by atoms with Crippen LogP contribution in [0.15, 0.2) is 18.7 Å². The first-order valence-electron chi connectivity index (χ1n) is 10.1. The van der Waals surface area contributed by atoms with E-state index in [1.54, 1.807) is 17.0 Å². The zero-order chi connectivity index (χ0) is 20.0. The van der Waals surface area contributed by atoms with Gasteiger partial charge >= 0.3 is 0 Å². The molecule has 0 amide bonds. The van der Waals surface area contributed by atoms with Crippen molar-refractivity contribution in [2.24, 2.45) is 11.8 Å². The van der Waals surface area contributed by atoms with Crippen molar-refractivity contribution in [3.63, 3.8) is 0 Å². The molecule has 2 fully saturated rings. The number of ether oxygens (including phenoxy) is 1. The number of aromatic nitrogens is 6. The normalized spacial score (nSPS) is 27.6. The van der Waals surface area contributed by atoms with E-state index in [0.717, 1.165) is 30.0 Å². The zero-order valence-corrected chi connectivity index (χ0v) is 16.5. The molecule has 2 aliphatic heterocycles. The summed E-state index contributed by atoms with van der Waals surface area (Å²) in [5, 5.41) is 14.6. The second kappa shape index (κ2) is 7.25. The maximum Gasteiger partial charge on any atom is 0.243 e.